The SMILES string of the molecule is CCC(CC)(CNC(=O)N1C[C@@H](C)[C@H](C(N)=O)C1)C(=O)O. The van der Waals surface area contributed by atoms with Crippen LogP contribution in [0.3, 0.4) is 0 Å². The lowest BCUT2D eigenvalue weighted by Crippen LogP contribution is -2.47. The third-order valence-electron chi connectivity index (χ3n) is 4.65. The van der Waals surface area contributed by atoms with E-state index in [0.29, 0.717) is 25.9 Å². The highest BCUT2D eigenvalue weighted by atomic mass is 16.4. The van der Waals surface area contributed by atoms with Crippen molar-refractivity contribution in [1.82, 2.24) is 10.2 Å². The Bertz CT molecular complexity index is 420. The number of nitrogens with two attached hydrogens (primary N) is 1. The van der Waals surface area contributed by atoms with Crippen molar-refractivity contribution in [1.29, 1.82) is 0 Å². The number of nitrogens with one attached hydrogen (secondary N) is 1. The van der Waals surface area contributed by atoms with Gasteiger partial charge in [-0.3, -0.25) is 9.59 Å². The first kappa shape index (κ1) is 17.3. The molecule has 0 spiro atoms. The van der Waals surface area contributed by atoms with E-state index in [0.717, 1.165) is 0 Å². The predicted molar refractivity (Wildman–Crippen MR) is 77.5 cm³/mol. The summed E-state index contributed by atoms with van der Waals surface area (Å²) in [5, 5.41) is 12.0. The first-order chi connectivity index (χ1) is 9.77. The van der Waals surface area contributed by atoms with Crippen LogP contribution >= 0.6 is 0 Å². The third-order valence-corrected chi connectivity index (χ3v) is 4.65. The van der Waals surface area contributed by atoms with Crippen LogP contribution in [0.4, 0.5) is 4.79 Å². The number of hydrogen-bond donors (Lipinski definition) is 3. The van der Waals surface area contributed by atoms with Crippen LogP contribution in [-0.4, -0.2) is 47.5 Å². The van der Waals surface area contributed by atoms with Crippen LogP contribution in [0.1, 0.15) is 33.6 Å². The Balaban J connectivity index is 2.62. The van der Waals surface area contributed by atoms with Gasteiger partial charge in [-0.1, -0.05) is 20.8 Å². The Morgan fingerprint density at radius 3 is 2.24 bits per heavy atom. The number of amides is 3. The number of aliphatic carboxylic acids is 1. The Kier molecular flexibility index (Phi) is 5.57. The number of hydrogen-bond acceptors (Lipinski definition) is 3. The molecule has 0 saturated carbocycles. The van der Waals surface area contributed by atoms with Gasteiger partial charge >= 0.3 is 12.0 Å². The topological polar surface area (TPSA) is 113 Å². The van der Waals surface area contributed by atoms with Crippen molar-refractivity contribution in [2.75, 3.05) is 19.6 Å². The molecule has 0 aliphatic carbocycles. The van der Waals surface area contributed by atoms with Crippen LogP contribution in [0.2, 0.25) is 0 Å². The number of carbonyl (C=O) groups is 3. The molecule has 120 valence electrons. The van der Waals surface area contributed by atoms with E-state index in [1.54, 1.807) is 13.8 Å². The lowest BCUT2D eigenvalue weighted by molar-refractivity contribution is -0.149. The summed E-state index contributed by atoms with van der Waals surface area (Å²) in [5.41, 5.74) is 4.36. The van der Waals surface area contributed by atoms with Gasteiger partial charge in [0.1, 0.15) is 0 Å². The van der Waals surface area contributed by atoms with Gasteiger partial charge in [-0.2, -0.15) is 0 Å². The van der Waals surface area contributed by atoms with Gasteiger partial charge in [0.25, 0.3) is 0 Å². The Morgan fingerprint density at radius 2 is 1.86 bits per heavy atom. The number of carboxylic acids is 1. The van der Waals surface area contributed by atoms with Gasteiger partial charge in [0.2, 0.25) is 5.91 Å². The van der Waals surface area contributed by atoms with Crippen molar-refractivity contribution in [2.45, 2.75) is 33.6 Å². The Labute approximate surface area is 124 Å². The fraction of sp³-hybridized carbons (Fsp3) is 0.786. The minimum absolute atomic E-state index is 0.0230. The van der Waals surface area contributed by atoms with Gasteiger partial charge < -0.3 is 21.1 Å². The van der Waals surface area contributed by atoms with Crippen LogP contribution in [0.25, 0.3) is 0 Å². The summed E-state index contributed by atoms with van der Waals surface area (Å²) in [6.07, 6.45) is 0.888. The van der Waals surface area contributed by atoms with Gasteiger partial charge in [-0.25, -0.2) is 4.79 Å². The lowest BCUT2D eigenvalue weighted by atomic mass is 9.82. The largest absolute Gasteiger partial charge is 0.481 e. The summed E-state index contributed by atoms with van der Waals surface area (Å²) in [5.74, 6) is -1.62. The van der Waals surface area contributed by atoms with Crippen molar-refractivity contribution >= 4 is 17.9 Å². The summed E-state index contributed by atoms with van der Waals surface area (Å²) < 4.78 is 0. The predicted octanol–water partition coefficient (Wildman–Crippen LogP) is 0.640. The van der Waals surface area contributed by atoms with E-state index < -0.39 is 17.3 Å². The van der Waals surface area contributed by atoms with E-state index in [9.17, 15) is 19.5 Å². The molecule has 7 heteroatoms. The normalized spacial score (nSPS) is 22.1. The van der Waals surface area contributed by atoms with Gasteiger partial charge in [0.05, 0.1) is 11.3 Å². The number of primary amides is 1. The van der Waals surface area contributed by atoms with Crippen LogP contribution in [0.5, 0.6) is 0 Å². The molecule has 3 amide bonds. The molecule has 0 unspecified atom stereocenters. The highest BCUT2D eigenvalue weighted by molar-refractivity contribution is 5.81. The number of rotatable bonds is 6. The van der Waals surface area contributed by atoms with E-state index in [4.69, 9.17) is 5.73 Å². The monoisotopic (exact) mass is 299 g/mol. The molecule has 2 atom stereocenters. The number of nitrogens with zero attached hydrogens (tertiary/aromatic N) is 1. The highest BCUT2D eigenvalue weighted by Crippen LogP contribution is 2.26. The molecule has 1 aliphatic heterocycles. The molecule has 4 N–H and O–H groups in total. The average Bonchev–Trinajstić information content (AvgIpc) is 2.82. The van der Waals surface area contributed by atoms with Crippen LogP contribution in [0.15, 0.2) is 0 Å². The fourth-order valence-electron chi connectivity index (χ4n) is 2.74. The fourth-order valence-corrected chi connectivity index (χ4v) is 2.74. The molecule has 1 heterocycles. The zero-order chi connectivity index (χ0) is 16.2. The molecule has 0 aromatic heterocycles. The molecular formula is C14H25N3O4. The molecule has 1 saturated heterocycles. The zero-order valence-electron chi connectivity index (χ0n) is 12.9. The van der Waals surface area contributed by atoms with Gasteiger partial charge in [0.15, 0.2) is 0 Å². The van der Waals surface area contributed by atoms with Crippen molar-refractivity contribution < 1.29 is 19.5 Å². The first-order valence-electron chi connectivity index (χ1n) is 7.32. The molecule has 1 aliphatic rings. The van der Waals surface area contributed by atoms with E-state index in [-0.39, 0.29) is 24.4 Å². The second-order valence-electron chi connectivity index (χ2n) is 5.84. The lowest BCUT2D eigenvalue weighted by Gasteiger charge is -2.28. The molecule has 1 fully saturated rings. The second-order valence-corrected chi connectivity index (χ2v) is 5.84. The maximum atomic E-state index is 12.1. The van der Waals surface area contributed by atoms with Crippen molar-refractivity contribution in [2.24, 2.45) is 23.0 Å². The molecule has 0 aromatic carbocycles. The molecule has 0 aromatic rings. The van der Waals surface area contributed by atoms with E-state index in [2.05, 4.69) is 5.32 Å². The van der Waals surface area contributed by atoms with Gasteiger partial charge in [0, 0.05) is 19.6 Å². The summed E-state index contributed by atoms with van der Waals surface area (Å²) >= 11 is 0. The highest BCUT2D eigenvalue weighted by Gasteiger charge is 2.38. The quantitative estimate of drug-likeness (QED) is 0.668. The van der Waals surface area contributed by atoms with E-state index in [1.165, 1.54) is 4.90 Å². The summed E-state index contributed by atoms with van der Waals surface area (Å²) in [7, 11) is 0. The number of carboxylic acid groups (broad SMARTS) is 1. The number of carbonyl (C=O) groups excluding carboxylic acids is 2. The van der Waals surface area contributed by atoms with Crippen LogP contribution < -0.4 is 11.1 Å². The third kappa shape index (κ3) is 3.65. The molecular weight excluding hydrogens is 274 g/mol. The van der Waals surface area contributed by atoms with Gasteiger partial charge in [-0.15, -0.1) is 0 Å². The standard InChI is InChI=1S/C14H25N3O4/c1-4-14(5-2,12(19)20)8-16-13(21)17-6-9(3)10(7-17)11(15)18/h9-10H,4-8H2,1-3H3,(H2,15,18)(H,16,21)(H,19,20)/t9-,10-/m1/s1. The van der Waals surface area contributed by atoms with E-state index >= 15 is 0 Å². The number of likely N-dealkylation sites (tertiary alicyclic amines) is 1. The molecule has 1 rings (SSSR count). The van der Waals surface area contributed by atoms with Crippen molar-refractivity contribution in [3.05, 3.63) is 0 Å². The van der Waals surface area contributed by atoms with Gasteiger partial charge in [-0.05, 0) is 18.8 Å². The zero-order valence-corrected chi connectivity index (χ0v) is 12.9. The smallest absolute Gasteiger partial charge is 0.317 e. The maximum absolute atomic E-state index is 12.1. The summed E-state index contributed by atoms with van der Waals surface area (Å²) in [6.45, 7) is 6.30. The first-order valence-corrected chi connectivity index (χ1v) is 7.32. The van der Waals surface area contributed by atoms with Crippen molar-refractivity contribution in [3.8, 4) is 0 Å². The Hall–Kier alpha value is -1.79. The molecule has 0 radical (unpaired) electrons. The molecule has 21 heavy (non-hydrogen) atoms. The molecule has 0 bridgehead atoms. The Morgan fingerprint density at radius 1 is 1.29 bits per heavy atom. The van der Waals surface area contributed by atoms with Crippen molar-refractivity contribution in [3.63, 3.8) is 0 Å². The van der Waals surface area contributed by atoms with E-state index in [1.807, 2.05) is 6.92 Å². The minimum Gasteiger partial charge on any atom is -0.481 e. The second kappa shape index (κ2) is 6.78. The van der Waals surface area contributed by atoms with Crippen LogP contribution in [0, 0.1) is 17.3 Å². The van der Waals surface area contributed by atoms with Crippen LogP contribution in [-0.2, 0) is 9.59 Å². The summed E-state index contributed by atoms with van der Waals surface area (Å²) in [6, 6.07) is -0.335. The maximum Gasteiger partial charge on any atom is 0.317 e. The summed E-state index contributed by atoms with van der Waals surface area (Å²) in [4.78, 5) is 36.3. The number of urea groups is 1. The average molecular weight is 299 g/mol. The minimum atomic E-state index is -0.940. The molecule has 7 nitrogen and oxygen atoms in total.